The molecule has 2 aromatic carbocycles. The minimum absolute atomic E-state index is 0.00752. The summed E-state index contributed by atoms with van der Waals surface area (Å²) in [6.45, 7) is 0. The normalized spacial score (nSPS) is 11.9. The molecule has 0 bridgehead atoms. The van der Waals surface area contributed by atoms with Crippen molar-refractivity contribution in [3.05, 3.63) is 78.2 Å². The highest BCUT2D eigenvalue weighted by atomic mass is 32.2. The fraction of sp³-hybridized carbons (Fsp3) is 0.111. The number of anilines is 2. The van der Waals surface area contributed by atoms with Gasteiger partial charge >= 0.3 is 30.5 Å². The molecule has 0 aliphatic heterocycles. The van der Waals surface area contributed by atoms with Crippen molar-refractivity contribution in [2.45, 2.75) is 23.4 Å². The number of nitrogens with one attached hydrogen (secondary N) is 1. The quantitative estimate of drug-likeness (QED) is 0.151. The Bertz CT molecular complexity index is 2190. The number of fused-ring (bicyclic) bond motifs is 1. The number of sulfonamides is 1. The Kier molecular flexibility index (Phi) is 11.5. The van der Waals surface area contributed by atoms with E-state index < -0.39 is 57.8 Å². The molecular formula is C27H18F9N7O8S. The summed E-state index contributed by atoms with van der Waals surface area (Å²) >= 11 is 0. The number of rotatable bonds is 5. The van der Waals surface area contributed by atoms with Gasteiger partial charge in [0.1, 0.15) is 11.5 Å². The first-order chi connectivity index (χ1) is 23.8. The topological polar surface area (TPSA) is 247 Å². The van der Waals surface area contributed by atoms with Crippen LogP contribution >= 0.6 is 0 Å². The maximum absolute atomic E-state index is 13.5. The molecule has 52 heavy (non-hydrogen) atoms. The van der Waals surface area contributed by atoms with E-state index in [2.05, 4.69) is 20.6 Å². The number of pyridine rings is 1. The molecule has 0 unspecified atom stereocenters. The number of carboxylic acids is 2. The predicted molar refractivity (Wildman–Crippen MR) is 157 cm³/mol. The lowest BCUT2D eigenvalue weighted by Gasteiger charge is -2.10. The number of carboxylic acid groups (broad SMARTS) is 2. The summed E-state index contributed by atoms with van der Waals surface area (Å²) < 4.78 is 133. The van der Waals surface area contributed by atoms with Gasteiger partial charge in [-0.15, -0.1) is 0 Å². The van der Waals surface area contributed by atoms with Gasteiger partial charge in [0.2, 0.25) is 10.0 Å². The number of aromatic nitrogens is 4. The molecule has 3 aromatic heterocycles. The maximum atomic E-state index is 13.5. The van der Waals surface area contributed by atoms with E-state index in [1.54, 1.807) is 6.07 Å². The number of nitrogen functional groups attached to an aromatic ring is 1. The van der Waals surface area contributed by atoms with Gasteiger partial charge in [-0.2, -0.15) is 44.6 Å². The lowest BCUT2D eigenvalue weighted by Crippen LogP contribution is -2.21. The first kappa shape index (κ1) is 40.2. The fourth-order valence-electron chi connectivity index (χ4n) is 3.72. The molecule has 3 heterocycles. The molecule has 5 rings (SSSR count). The van der Waals surface area contributed by atoms with E-state index in [1.807, 2.05) is 0 Å². The van der Waals surface area contributed by atoms with Gasteiger partial charge in [0.15, 0.2) is 17.1 Å². The molecule has 15 nitrogen and oxygen atoms in total. The van der Waals surface area contributed by atoms with Crippen molar-refractivity contribution in [2.75, 3.05) is 11.1 Å². The Morgan fingerprint density at radius 1 is 0.846 bits per heavy atom. The molecular weight excluding hydrogens is 753 g/mol. The Labute approximate surface area is 282 Å². The monoisotopic (exact) mass is 771 g/mol. The molecule has 0 fully saturated rings. The number of primary sulfonamides is 1. The van der Waals surface area contributed by atoms with Crippen molar-refractivity contribution in [3.8, 4) is 16.8 Å². The average molecular weight is 772 g/mol. The molecule has 0 saturated heterocycles. The highest BCUT2D eigenvalue weighted by Gasteiger charge is 2.39. The second kappa shape index (κ2) is 14.9. The van der Waals surface area contributed by atoms with Crippen LogP contribution in [0.4, 0.5) is 51.1 Å². The van der Waals surface area contributed by atoms with Crippen LogP contribution in [-0.2, 0) is 25.8 Å². The molecule has 0 atom stereocenters. The molecule has 0 spiro atoms. The summed E-state index contributed by atoms with van der Waals surface area (Å²) in [4.78, 5) is 34.8. The van der Waals surface area contributed by atoms with Crippen LogP contribution in [0.2, 0.25) is 0 Å². The Hall–Kier alpha value is -6.24. The third-order valence-corrected chi connectivity index (χ3v) is 6.92. The average Bonchev–Trinajstić information content (AvgIpc) is 3.65. The number of nitrogens with two attached hydrogens (primary N) is 2. The van der Waals surface area contributed by atoms with Gasteiger partial charge in [-0.3, -0.25) is 4.79 Å². The SMILES string of the molecule is Nc1noc2ccc(-n3nc(C(F)(F)F)cc3C(=O)Nc3ccc(-c4ccccc4S(N)(=O)=O)cn3)cc12.O=C(O)C(F)(F)F.O=C(O)C(F)(F)F. The van der Waals surface area contributed by atoms with Crippen molar-refractivity contribution >= 4 is 50.5 Å². The summed E-state index contributed by atoms with van der Waals surface area (Å²) in [5.41, 5.74) is 5.10. The summed E-state index contributed by atoms with van der Waals surface area (Å²) in [7, 11) is -4.02. The molecule has 1 amide bonds. The third-order valence-electron chi connectivity index (χ3n) is 5.95. The van der Waals surface area contributed by atoms with Crippen LogP contribution in [0.15, 0.2) is 76.3 Å². The van der Waals surface area contributed by atoms with Crippen LogP contribution < -0.4 is 16.2 Å². The largest absolute Gasteiger partial charge is 0.490 e. The Morgan fingerprint density at radius 3 is 1.92 bits per heavy atom. The van der Waals surface area contributed by atoms with Gasteiger partial charge in [-0.25, -0.2) is 32.8 Å². The molecule has 278 valence electrons. The van der Waals surface area contributed by atoms with Crippen molar-refractivity contribution in [3.63, 3.8) is 0 Å². The number of carbonyl (C=O) groups is 3. The zero-order valence-corrected chi connectivity index (χ0v) is 25.8. The standard InChI is InChI=1S/C23H16F3N7O4S.2C2HF3O2/c24-23(25,26)19-10-16(33(31-19)13-6-7-17-15(9-13)21(27)32-37-17)22(34)30-20-8-5-12(11-29-20)14-3-1-2-4-18(14)38(28,35)36;2*3-2(4,5)1(6)7/h1-11H,(H2,27,32)(H2,28,35,36)(H,29,30,34);2*(H,6,7). The van der Waals surface area contributed by atoms with Gasteiger partial charge in [0, 0.05) is 23.4 Å². The second-order valence-electron chi connectivity index (χ2n) is 9.61. The van der Waals surface area contributed by atoms with Crippen LogP contribution in [0, 0.1) is 0 Å². The molecule has 0 aliphatic carbocycles. The van der Waals surface area contributed by atoms with Crippen molar-refractivity contribution in [1.82, 2.24) is 19.9 Å². The molecule has 5 aromatic rings. The number of halogens is 9. The van der Waals surface area contributed by atoms with Crippen molar-refractivity contribution < 1.29 is 77.1 Å². The van der Waals surface area contributed by atoms with E-state index in [4.69, 9.17) is 35.2 Å². The molecule has 0 aliphatic rings. The number of nitrogens with zero attached hydrogens (tertiary/aromatic N) is 4. The lowest BCUT2D eigenvalue weighted by molar-refractivity contribution is -0.193. The summed E-state index contributed by atoms with van der Waals surface area (Å²) in [5, 5.41) is 29.4. The molecule has 7 N–H and O–H groups in total. The van der Waals surface area contributed by atoms with Crippen molar-refractivity contribution in [2.24, 2.45) is 5.14 Å². The minimum atomic E-state index is -5.08. The van der Waals surface area contributed by atoms with Crippen molar-refractivity contribution in [1.29, 1.82) is 0 Å². The summed E-state index contributed by atoms with van der Waals surface area (Å²) in [6.07, 6.45) is -13.7. The number of benzene rings is 2. The highest BCUT2D eigenvalue weighted by molar-refractivity contribution is 7.89. The molecule has 0 radical (unpaired) electrons. The van der Waals surface area contributed by atoms with E-state index in [0.29, 0.717) is 22.6 Å². The number of hydrogen-bond acceptors (Lipinski definition) is 10. The number of carbonyl (C=O) groups excluding carboxylic acids is 1. The van der Waals surface area contributed by atoms with Gasteiger partial charge in [0.05, 0.1) is 16.0 Å². The zero-order chi connectivity index (χ0) is 39.4. The number of hydrogen-bond donors (Lipinski definition) is 5. The van der Waals surface area contributed by atoms with Gasteiger partial charge in [-0.1, -0.05) is 23.4 Å². The number of alkyl halides is 9. The Morgan fingerprint density at radius 2 is 1.42 bits per heavy atom. The summed E-state index contributed by atoms with van der Waals surface area (Å²) in [5.74, 6) is -6.44. The van der Waals surface area contributed by atoms with Crippen LogP contribution in [0.25, 0.3) is 27.8 Å². The van der Waals surface area contributed by atoms with E-state index in [1.165, 1.54) is 54.7 Å². The van der Waals surface area contributed by atoms with Gasteiger partial charge in [0.25, 0.3) is 5.91 Å². The van der Waals surface area contributed by atoms with E-state index >= 15 is 0 Å². The number of amides is 1. The minimum Gasteiger partial charge on any atom is -0.475 e. The van der Waals surface area contributed by atoms with E-state index in [-0.39, 0.29) is 27.8 Å². The first-order valence-corrected chi connectivity index (χ1v) is 14.7. The first-order valence-electron chi connectivity index (χ1n) is 13.1. The van der Waals surface area contributed by atoms with Crippen LogP contribution in [0.5, 0.6) is 0 Å². The van der Waals surface area contributed by atoms with Crippen LogP contribution in [-0.4, -0.2) is 68.8 Å². The van der Waals surface area contributed by atoms with E-state index in [0.717, 1.165) is 4.68 Å². The van der Waals surface area contributed by atoms with Gasteiger partial charge < -0.3 is 25.8 Å². The number of aliphatic carboxylic acids is 2. The smallest absolute Gasteiger partial charge is 0.475 e. The predicted octanol–water partition coefficient (Wildman–Crippen LogP) is 4.84. The summed E-state index contributed by atoms with van der Waals surface area (Å²) in [6, 6.07) is 13.7. The molecule has 0 saturated carbocycles. The lowest BCUT2D eigenvalue weighted by atomic mass is 10.1. The fourth-order valence-corrected chi connectivity index (χ4v) is 4.48. The highest BCUT2D eigenvalue weighted by Crippen LogP contribution is 2.31. The Balaban J connectivity index is 0.000000441. The zero-order valence-electron chi connectivity index (χ0n) is 24.9. The second-order valence-corrected chi connectivity index (χ2v) is 11.1. The van der Waals surface area contributed by atoms with E-state index in [9.17, 15) is 52.7 Å². The third kappa shape index (κ3) is 10.2. The van der Waals surface area contributed by atoms with Crippen LogP contribution in [0.3, 0.4) is 0 Å². The maximum Gasteiger partial charge on any atom is 0.490 e. The van der Waals surface area contributed by atoms with Gasteiger partial charge in [-0.05, 0) is 36.4 Å². The molecule has 25 heteroatoms. The van der Waals surface area contributed by atoms with Crippen LogP contribution in [0.1, 0.15) is 16.2 Å².